The zero-order valence-electron chi connectivity index (χ0n) is 6.97. The van der Waals surface area contributed by atoms with Crippen LogP contribution in [0.25, 0.3) is 0 Å². The maximum Gasteiger partial charge on any atom is 0.322 e. The van der Waals surface area contributed by atoms with Crippen LogP contribution >= 0.6 is 0 Å². The number of hydrogen-bond acceptors (Lipinski definition) is 6. The van der Waals surface area contributed by atoms with E-state index in [1.165, 1.54) is 4.13 Å². The summed E-state index contributed by atoms with van der Waals surface area (Å²) in [6.45, 7) is 0. The van der Waals surface area contributed by atoms with E-state index in [0.717, 1.165) is 7.11 Å². The van der Waals surface area contributed by atoms with Crippen molar-refractivity contribution in [2.24, 2.45) is 0 Å². The quantitative estimate of drug-likeness (QED) is 0.563. The van der Waals surface area contributed by atoms with Crippen LogP contribution < -0.4 is 4.13 Å². The van der Waals surface area contributed by atoms with Gasteiger partial charge in [-0.2, -0.15) is 0 Å². The molecule has 0 aliphatic carbocycles. The van der Waals surface area contributed by atoms with E-state index in [-0.39, 0.29) is 0 Å². The molecule has 0 bridgehead atoms. The van der Waals surface area contributed by atoms with Crippen LogP contribution in [0.5, 0.6) is 0 Å². The summed E-state index contributed by atoms with van der Waals surface area (Å²) in [5.74, 6) is -2.05. The molecule has 0 saturated heterocycles. The molecule has 13 heavy (non-hydrogen) atoms. The number of methoxy groups -OCH3 is 1. The van der Waals surface area contributed by atoms with Crippen molar-refractivity contribution in [1.82, 2.24) is 4.13 Å². The van der Waals surface area contributed by atoms with Crippen LogP contribution in [0.4, 0.5) is 0 Å². The molecule has 0 aromatic carbocycles. The Morgan fingerprint density at radius 2 is 1.77 bits per heavy atom. The summed E-state index contributed by atoms with van der Waals surface area (Å²) >= 11 is 0. The van der Waals surface area contributed by atoms with Crippen LogP contribution in [0.1, 0.15) is 0 Å². The molecule has 0 saturated carbocycles. The predicted molar refractivity (Wildman–Crippen MR) is 43.8 cm³/mol. The molecule has 0 fully saturated rings. The van der Waals surface area contributed by atoms with Gasteiger partial charge >= 0.3 is 5.97 Å². The minimum atomic E-state index is -4.16. The number of rotatable bonds is 4. The minimum Gasteiger partial charge on any atom is -0.468 e. The molecule has 0 radical (unpaired) electrons. The van der Waals surface area contributed by atoms with Crippen LogP contribution in [0, 0.1) is 0 Å². The Kier molecular flexibility index (Phi) is 3.82. The van der Waals surface area contributed by atoms with E-state index in [4.69, 9.17) is 0 Å². The van der Waals surface area contributed by atoms with Crippen molar-refractivity contribution in [3.63, 3.8) is 0 Å². The fourth-order valence-corrected chi connectivity index (χ4v) is 2.98. The first-order chi connectivity index (χ1) is 5.66. The average Bonchev–Trinajstić information content (AvgIpc) is 1.80. The van der Waals surface area contributed by atoms with E-state index in [1.54, 1.807) is 0 Å². The summed E-state index contributed by atoms with van der Waals surface area (Å²) in [6.07, 6.45) is 0.668. The molecule has 0 aromatic rings. The highest BCUT2D eigenvalue weighted by Gasteiger charge is 2.20. The summed E-state index contributed by atoms with van der Waals surface area (Å²) in [6, 6.07) is 0. The number of carbonyl (C=O) groups excluding carboxylic acids is 1. The van der Waals surface area contributed by atoms with Crippen LogP contribution in [-0.2, 0) is 29.6 Å². The van der Waals surface area contributed by atoms with Gasteiger partial charge in [0, 0.05) is 0 Å². The third kappa shape index (κ3) is 6.49. The average molecular weight is 231 g/mol. The maximum absolute atomic E-state index is 10.8. The molecule has 0 heterocycles. The lowest BCUT2D eigenvalue weighted by atomic mass is 10.8. The molecule has 7 nitrogen and oxygen atoms in total. The van der Waals surface area contributed by atoms with E-state index < -0.39 is 31.8 Å². The fraction of sp³-hybridized carbons (Fsp3) is 0.750. The van der Waals surface area contributed by atoms with Crippen LogP contribution in [0.15, 0.2) is 0 Å². The SMILES string of the molecule is COC(=O)CS(=O)(=O)NS(C)(=O)=O. The Bertz CT molecular complexity index is 379. The topological polar surface area (TPSA) is 107 Å². The Hall–Kier alpha value is -0.670. The van der Waals surface area contributed by atoms with E-state index in [9.17, 15) is 21.6 Å². The summed E-state index contributed by atoms with van der Waals surface area (Å²) in [5.41, 5.74) is 0. The van der Waals surface area contributed by atoms with E-state index in [0.29, 0.717) is 6.26 Å². The predicted octanol–water partition coefficient (Wildman–Crippen LogP) is -1.96. The van der Waals surface area contributed by atoms with Crippen molar-refractivity contribution in [2.75, 3.05) is 19.1 Å². The Balaban J connectivity index is 4.54. The summed E-state index contributed by atoms with van der Waals surface area (Å²) in [4.78, 5) is 10.5. The second kappa shape index (κ2) is 4.03. The maximum atomic E-state index is 10.8. The van der Waals surface area contributed by atoms with Gasteiger partial charge in [-0.05, 0) is 0 Å². The lowest BCUT2D eigenvalue weighted by Crippen LogP contribution is -2.34. The number of ether oxygens (including phenoxy) is 1. The number of esters is 1. The monoisotopic (exact) mass is 231 g/mol. The summed E-state index contributed by atoms with van der Waals surface area (Å²) in [7, 11) is -7.05. The van der Waals surface area contributed by atoms with Crippen molar-refractivity contribution in [2.45, 2.75) is 0 Å². The lowest BCUT2D eigenvalue weighted by molar-refractivity contribution is -0.137. The Labute approximate surface area is 76.2 Å². The third-order valence-electron chi connectivity index (χ3n) is 0.814. The van der Waals surface area contributed by atoms with Gasteiger partial charge in [0.25, 0.3) is 0 Å². The molecule has 78 valence electrons. The Morgan fingerprint density at radius 3 is 2.08 bits per heavy atom. The number of nitrogens with one attached hydrogen (secondary N) is 1. The molecule has 0 rings (SSSR count). The van der Waals surface area contributed by atoms with E-state index in [2.05, 4.69) is 4.74 Å². The zero-order valence-corrected chi connectivity index (χ0v) is 8.61. The molecule has 1 N–H and O–H groups in total. The molecule has 0 aromatic heterocycles. The van der Waals surface area contributed by atoms with Gasteiger partial charge in [-0.1, -0.05) is 0 Å². The van der Waals surface area contributed by atoms with Gasteiger partial charge < -0.3 is 4.74 Å². The third-order valence-corrected chi connectivity index (χ3v) is 3.66. The van der Waals surface area contributed by atoms with Gasteiger partial charge in [0.05, 0.1) is 13.4 Å². The van der Waals surface area contributed by atoms with Gasteiger partial charge in [0.1, 0.15) is 0 Å². The summed E-state index contributed by atoms with van der Waals surface area (Å²) < 4.78 is 47.9. The van der Waals surface area contributed by atoms with Crippen molar-refractivity contribution in [3.8, 4) is 0 Å². The molecular weight excluding hydrogens is 222 g/mol. The van der Waals surface area contributed by atoms with E-state index in [1.807, 2.05) is 0 Å². The second-order valence-electron chi connectivity index (χ2n) is 2.19. The van der Waals surface area contributed by atoms with Gasteiger partial charge in [-0.15, -0.1) is 4.13 Å². The highest BCUT2D eigenvalue weighted by molar-refractivity contribution is 8.04. The smallest absolute Gasteiger partial charge is 0.322 e. The Morgan fingerprint density at radius 1 is 1.31 bits per heavy atom. The molecule has 0 amide bonds. The van der Waals surface area contributed by atoms with Crippen molar-refractivity contribution in [1.29, 1.82) is 0 Å². The first-order valence-corrected chi connectivity index (χ1v) is 6.49. The van der Waals surface area contributed by atoms with Crippen LogP contribution in [0.3, 0.4) is 0 Å². The number of carbonyl (C=O) groups is 1. The molecule has 9 heteroatoms. The second-order valence-corrected chi connectivity index (χ2v) is 5.92. The lowest BCUT2D eigenvalue weighted by Gasteiger charge is -2.02. The van der Waals surface area contributed by atoms with Crippen LogP contribution in [-0.4, -0.2) is 41.9 Å². The summed E-state index contributed by atoms with van der Waals surface area (Å²) in [5, 5.41) is 0. The standard InChI is InChI=1S/C4H9NO6S2/c1-11-4(6)3-13(9,10)5-12(2,7)8/h5H,3H2,1-2H3. The molecular formula is C4H9NO6S2. The molecule has 0 aliphatic rings. The molecule has 0 aliphatic heterocycles. The minimum absolute atomic E-state index is 0.668. The van der Waals surface area contributed by atoms with Crippen molar-refractivity contribution in [3.05, 3.63) is 0 Å². The highest BCUT2D eigenvalue weighted by atomic mass is 32.3. The van der Waals surface area contributed by atoms with Gasteiger partial charge in [-0.3, -0.25) is 4.79 Å². The van der Waals surface area contributed by atoms with Crippen molar-refractivity contribution >= 4 is 26.0 Å². The number of hydrogen-bond donors (Lipinski definition) is 1. The van der Waals surface area contributed by atoms with Gasteiger partial charge in [0.15, 0.2) is 5.75 Å². The fourth-order valence-electron chi connectivity index (χ4n) is 0.474. The molecule has 0 atom stereocenters. The molecule has 0 spiro atoms. The highest BCUT2D eigenvalue weighted by Crippen LogP contribution is 1.89. The molecule has 0 unspecified atom stereocenters. The van der Waals surface area contributed by atoms with Gasteiger partial charge in [0.2, 0.25) is 20.0 Å². The first-order valence-electron chi connectivity index (χ1n) is 2.94. The zero-order chi connectivity index (χ0) is 10.7. The van der Waals surface area contributed by atoms with E-state index >= 15 is 0 Å². The van der Waals surface area contributed by atoms with Crippen LogP contribution in [0.2, 0.25) is 0 Å². The first kappa shape index (κ1) is 12.3. The van der Waals surface area contributed by atoms with Crippen molar-refractivity contribution < 1.29 is 26.4 Å². The largest absolute Gasteiger partial charge is 0.468 e. The normalized spacial score (nSPS) is 12.5. The number of sulfonamides is 2. The van der Waals surface area contributed by atoms with Gasteiger partial charge in [-0.25, -0.2) is 16.8 Å².